The van der Waals surface area contributed by atoms with Crippen molar-refractivity contribution in [2.75, 3.05) is 0 Å². The van der Waals surface area contributed by atoms with Crippen LogP contribution in [0.15, 0.2) is 24.3 Å². The molecule has 13 nitrogen and oxygen atoms in total. The zero-order valence-electron chi connectivity index (χ0n) is 18.1. The minimum atomic E-state index is -1.61. The molecule has 10 N–H and O–H groups in total. The van der Waals surface area contributed by atoms with E-state index in [-0.39, 0.29) is 12.2 Å². The van der Waals surface area contributed by atoms with Crippen LogP contribution < -0.4 is 27.4 Å². The first-order chi connectivity index (χ1) is 15.3. The van der Waals surface area contributed by atoms with Crippen LogP contribution in [0.2, 0.25) is 0 Å². The third-order valence-corrected chi connectivity index (χ3v) is 4.51. The summed E-state index contributed by atoms with van der Waals surface area (Å²) in [6, 6.07) is 0.153. The summed E-state index contributed by atoms with van der Waals surface area (Å²) in [5.41, 5.74) is 11.0. The number of phenols is 1. The van der Waals surface area contributed by atoms with Crippen molar-refractivity contribution in [2.45, 2.75) is 57.0 Å². The van der Waals surface area contributed by atoms with E-state index in [1.54, 1.807) is 0 Å². The summed E-state index contributed by atoms with van der Waals surface area (Å²) in [5, 5.41) is 35.4. The number of carbonyl (C=O) groups is 5. The highest BCUT2D eigenvalue weighted by Crippen LogP contribution is 2.12. The van der Waals surface area contributed by atoms with E-state index >= 15 is 0 Å². The lowest BCUT2D eigenvalue weighted by Crippen LogP contribution is -2.60. The lowest BCUT2D eigenvalue weighted by molar-refractivity contribution is -0.143. The molecule has 0 aliphatic carbocycles. The van der Waals surface area contributed by atoms with Crippen molar-refractivity contribution in [2.24, 2.45) is 11.5 Å². The van der Waals surface area contributed by atoms with Gasteiger partial charge in [0.2, 0.25) is 23.6 Å². The molecule has 4 amide bonds. The minimum Gasteiger partial charge on any atom is -0.508 e. The molecule has 1 aromatic rings. The van der Waals surface area contributed by atoms with E-state index in [0.717, 1.165) is 0 Å². The van der Waals surface area contributed by atoms with E-state index in [1.165, 1.54) is 38.1 Å². The number of nitrogens with two attached hydrogens (primary N) is 2. The summed E-state index contributed by atoms with van der Waals surface area (Å²) in [6.07, 6.45) is -2.21. The zero-order valence-corrected chi connectivity index (χ0v) is 18.1. The quantitative estimate of drug-likeness (QED) is 0.157. The maximum Gasteiger partial charge on any atom is 0.326 e. The molecule has 0 spiro atoms. The Hall–Kier alpha value is -3.71. The number of primary amides is 1. The number of benzene rings is 1. The first-order valence-electron chi connectivity index (χ1n) is 9.95. The number of phenolic OH excluding ortho intramolecular Hbond substituents is 1. The highest BCUT2D eigenvalue weighted by molar-refractivity contribution is 5.96. The third-order valence-electron chi connectivity index (χ3n) is 4.51. The molecule has 0 heterocycles. The van der Waals surface area contributed by atoms with E-state index in [0.29, 0.717) is 5.56 Å². The third kappa shape index (κ3) is 9.13. The Morgan fingerprint density at radius 2 is 1.45 bits per heavy atom. The second-order valence-corrected chi connectivity index (χ2v) is 7.52. The van der Waals surface area contributed by atoms with Gasteiger partial charge in [-0.3, -0.25) is 19.2 Å². The molecule has 0 radical (unpaired) electrons. The first-order valence-corrected chi connectivity index (χ1v) is 9.95. The second kappa shape index (κ2) is 12.4. The smallest absolute Gasteiger partial charge is 0.326 e. The summed E-state index contributed by atoms with van der Waals surface area (Å²) in [6.45, 7) is 2.53. The fourth-order valence-electron chi connectivity index (χ4n) is 2.70. The molecule has 0 aliphatic heterocycles. The largest absolute Gasteiger partial charge is 0.508 e. The van der Waals surface area contributed by atoms with Crippen molar-refractivity contribution in [1.29, 1.82) is 0 Å². The molecule has 5 unspecified atom stereocenters. The van der Waals surface area contributed by atoms with Gasteiger partial charge < -0.3 is 42.7 Å². The number of carboxylic acid groups (broad SMARTS) is 1. The van der Waals surface area contributed by atoms with Gasteiger partial charge in [0.1, 0.15) is 23.9 Å². The number of hydrogen-bond acceptors (Lipinski definition) is 8. The van der Waals surface area contributed by atoms with Gasteiger partial charge in [0.05, 0.1) is 18.6 Å². The van der Waals surface area contributed by atoms with E-state index in [1.807, 2.05) is 0 Å². The van der Waals surface area contributed by atoms with Gasteiger partial charge in [-0.25, -0.2) is 4.79 Å². The standard InChI is InChI=1S/C20H29N5O8/c1-9(21)17(29)23-13(8-15(22)28)18(30)25-16(10(2)26)19(31)24-14(20(32)33)7-11-3-5-12(27)6-4-11/h3-6,9-10,13-14,16,26-27H,7-8,21H2,1-2H3,(H2,22,28)(H,23,29)(H,24,31)(H,25,30)(H,32,33). The fraction of sp³-hybridized carbons (Fsp3) is 0.450. The molecule has 0 aliphatic rings. The Balaban J connectivity index is 2.96. The fourth-order valence-corrected chi connectivity index (χ4v) is 2.70. The van der Waals surface area contributed by atoms with E-state index < -0.39 is 66.3 Å². The van der Waals surface area contributed by atoms with Gasteiger partial charge in [0, 0.05) is 6.42 Å². The molecule has 0 aromatic heterocycles. The number of aliphatic hydroxyl groups excluding tert-OH is 1. The number of rotatable bonds is 12. The lowest BCUT2D eigenvalue weighted by atomic mass is 10.0. The van der Waals surface area contributed by atoms with Crippen molar-refractivity contribution in [3.63, 3.8) is 0 Å². The Morgan fingerprint density at radius 3 is 1.91 bits per heavy atom. The van der Waals surface area contributed by atoms with Crippen molar-refractivity contribution in [3.8, 4) is 5.75 Å². The van der Waals surface area contributed by atoms with Crippen LogP contribution >= 0.6 is 0 Å². The van der Waals surface area contributed by atoms with Gasteiger partial charge in [0.25, 0.3) is 0 Å². The monoisotopic (exact) mass is 467 g/mol. The number of amides is 4. The highest BCUT2D eigenvalue weighted by Gasteiger charge is 2.33. The molecule has 0 bridgehead atoms. The molecule has 13 heteroatoms. The summed E-state index contributed by atoms with van der Waals surface area (Å²) < 4.78 is 0. The number of carbonyl (C=O) groups excluding carboxylic acids is 4. The molecule has 0 saturated heterocycles. The van der Waals surface area contributed by atoms with Crippen LogP contribution in [0.25, 0.3) is 0 Å². The average Bonchev–Trinajstić information content (AvgIpc) is 2.71. The summed E-state index contributed by atoms with van der Waals surface area (Å²) in [4.78, 5) is 60.0. The average molecular weight is 467 g/mol. The number of nitrogens with one attached hydrogen (secondary N) is 3. The number of aromatic hydroxyl groups is 1. The molecular weight excluding hydrogens is 438 g/mol. The van der Waals surface area contributed by atoms with Gasteiger partial charge in [-0.1, -0.05) is 12.1 Å². The molecule has 182 valence electrons. The molecule has 33 heavy (non-hydrogen) atoms. The van der Waals surface area contributed by atoms with Crippen LogP contribution in [0.1, 0.15) is 25.8 Å². The van der Waals surface area contributed by atoms with Gasteiger partial charge in [-0.15, -0.1) is 0 Å². The van der Waals surface area contributed by atoms with Crippen LogP contribution in [-0.2, 0) is 30.4 Å². The Morgan fingerprint density at radius 1 is 0.909 bits per heavy atom. The minimum absolute atomic E-state index is 0.0202. The summed E-state index contributed by atoms with van der Waals surface area (Å²) in [5.74, 6) is -5.08. The zero-order chi connectivity index (χ0) is 25.3. The van der Waals surface area contributed by atoms with Crippen LogP contribution in [0, 0.1) is 0 Å². The maximum absolute atomic E-state index is 12.7. The van der Waals surface area contributed by atoms with E-state index in [4.69, 9.17) is 11.5 Å². The molecule has 5 atom stereocenters. The van der Waals surface area contributed by atoms with Crippen molar-refractivity contribution < 1.29 is 39.3 Å². The Bertz CT molecular complexity index is 872. The number of carboxylic acids is 1. The second-order valence-electron chi connectivity index (χ2n) is 7.52. The number of aliphatic carboxylic acids is 1. The first kappa shape index (κ1) is 27.3. The molecular formula is C20H29N5O8. The molecule has 1 aromatic carbocycles. The molecule has 0 fully saturated rings. The predicted molar refractivity (Wildman–Crippen MR) is 114 cm³/mol. The summed E-state index contributed by atoms with van der Waals surface area (Å²) in [7, 11) is 0. The van der Waals surface area contributed by atoms with Gasteiger partial charge >= 0.3 is 5.97 Å². The van der Waals surface area contributed by atoms with Gasteiger partial charge in [0.15, 0.2) is 0 Å². The number of aliphatic hydroxyl groups is 1. The SMILES string of the molecule is CC(N)C(=O)NC(CC(N)=O)C(=O)NC(C(=O)NC(Cc1ccc(O)cc1)C(=O)O)C(C)O. The maximum atomic E-state index is 12.7. The van der Waals surface area contributed by atoms with Gasteiger partial charge in [-0.05, 0) is 31.5 Å². The predicted octanol–water partition coefficient (Wildman–Crippen LogP) is -2.92. The Labute approximate surface area is 189 Å². The van der Waals surface area contributed by atoms with Crippen LogP contribution in [0.4, 0.5) is 0 Å². The van der Waals surface area contributed by atoms with E-state index in [2.05, 4.69) is 16.0 Å². The lowest BCUT2D eigenvalue weighted by Gasteiger charge is -2.26. The van der Waals surface area contributed by atoms with E-state index in [9.17, 15) is 39.3 Å². The van der Waals surface area contributed by atoms with Crippen LogP contribution in [0.3, 0.4) is 0 Å². The topological polar surface area (TPSA) is 234 Å². The van der Waals surface area contributed by atoms with Crippen molar-refractivity contribution in [1.82, 2.24) is 16.0 Å². The number of hydrogen-bond donors (Lipinski definition) is 8. The van der Waals surface area contributed by atoms with Crippen LogP contribution in [0.5, 0.6) is 5.75 Å². The normalized spacial score (nSPS) is 15.3. The summed E-state index contributed by atoms with van der Waals surface area (Å²) >= 11 is 0. The van der Waals surface area contributed by atoms with Gasteiger partial charge in [-0.2, -0.15) is 0 Å². The molecule has 0 saturated carbocycles. The molecule has 1 rings (SSSR count). The Kier molecular flexibility index (Phi) is 10.2. The highest BCUT2D eigenvalue weighted by atomic mass is 16.4. The van der Waals surface area contributed by atoms with Crippen molar-refractivity contribution in [3.05, 3.63) is 29.8 Å². The van der Waals surface area contributed by atoms with Crippen molar-refractivity contribution >= 4 is 29.6 Å². The van der Waals surface area contributed by atoms with Crippen LogP contribution in [-0.4, -0.2) is 75.2 Å².